The second kappa shape index (κ2) is 4.74. The molecule has 1 aliphatic rings. The number of nitrogens with one attached hydrogen (secondary N) is 1. The normalized spacial score (nSPS) is 16.2. The van der Waals surface area contributed by atoms with Crippen molar-refractivity contribution in [2.75, 3.05) is 18.0 Å². The Morgan fingerprint density at radius 3 is 2.50 bits per heavy atom. The van der Waals surface area contributed by atoms with Crippen molar-refractivity contribution in [3.63, 3.8) is 0 Å². The molecule has 1 saturated heterocycles. The Bertz CT molecular complexity index is 397. The fourth-order valence-electron chi connectivity index (χ4n) is 2.07. The van der Waals surface area contributed by atoms with Gasteiger partial charge in [-0.2, -0.15) is 0 Å². The molecule has 3 N–H and O–H groups in total. The lowest BCUT2D eigenvalue weighted by Crippen LogP contribution is -2.29. The van der Waals surface area contributed by atoms with Crippen LogP contribution in [0.4, 0.5) is 5.69 Å². The molecule has 0 bridgehead atoms. The molecular weight excluding hydrogens is 222 g/mol. The summed E-state index contributed by atoms with van der Waals surface area (Å²) < 4.78 is 0. The van der Waals surface area contributed by atoms with Crippen LogP contribution in [0.3, 0.4) is 0 Å². The molecule has 16 heavy (non-hydrogen) atoms. The standard InChI is InChI=1S/C12H16ClN3/c13-11-8-9(4-5-10(11)12(14)15)16-6-2-1-3-7-16/h4-5,8H,1-3,6-7H2,(H3,14,15). The highest BCUT2D eigenvalue weighted by Gasteiger charge is 2.12. The number of halogens is 1. The molecule has 0 radical (unpaired) electrons. The second-order valence-electron chi connectivity index (χ2n) is 4.13. The summed E-state index contributed by atoms with van der Waals surface area (Å²) in [7, 11) is 0. The van der Waals surface area contributed by atoms with Gasteiger partial charge in [0, 0.05) is 24.3 Å². The Kier molecular flexibility index (Phi) is 3.34. The number of nitrogens with two attached hydrogens (primary N) is 1. The molecule has 2 rings (SSSR count). The number of nitrogen functional groups attached to an aromatic ring is 1. The highest BCUT2D eigenvalue weighted by Crippen LogP contribution is 2.25. The number of piperidine rings is 1. The quantitative estimate of drug-likeness (QED) is 0.614. The third-order valence-electron chi connectivity index (χ3n) is 2.96. The number of benzene rings is 1. The van der Waals surface area contributed by atoms with Crippen molar-refractivity contribution in [3.05, 3.63) is 28.8 Å². The molecule has 1 aromatic rings. The van der Waals surface area contributed by atoms with Crippen LogP contribution in [0.15, 0.2) is 18.2 Å². The van der Waals surface area contributed by atoms with Gasteiger partial charge in [0.1, 0.15) is 5.84 Å². The lowest BCUT2D eigenvalue weighted by Gasteiger charge is -2.29. The van der Waals surface area contributed by atoms with E-state index in [9.17, 15) is 0 Å². The molecule has 0 amide bonds. The number of nitrogens with zero attached hydrogens (tertiary/aromatic N) is 1. The molecule has 3 nitrogen and oxygen atoms in total. The summed E-state index contributed by atoms with van der Waals surface area (Å²) in [6, 6.07) is 5.73. The number of anilines is 1. The van der Waals surface area contributed by atoms with Crippen LogP contribution in [0.5, 0.6) is 0 Å². The van der Waals surface area contributed by atoms with Crippen LogP contribution in [0, 0.1) is 5.41 Å². The van der Waals surface area contributed by atoms with E-state index in [0.717, 1.165) is 18.8 Å². The molecule has 1 fully saturated rings. The van der Waals surface area contributed by atoms with Gasteiger partial charge >= 0.3 is 0 Å². The predicted molar refractivity (Wildman–Crippen MR) is 68.5 cm³/mol. The monoisotopic (exact) mass is 237 g/mol. The van der Waals surface area contributed by atoms with Crippen molar-refractivity contribution < 1.29 is 0 Å². The van der Waals surface area contributed by atoms with E-state index in [-0.39, 0.29) is 5.84 Å². The maximum Gasteiger partial charge on any atom is 0.124 e. The van der Waals surface area contributed by atoms with Crippen molar-refractivity contribution in [3.8, 4) is 0 Å². The Labute approximate surface area is 101 Å². The highest BCUT2D eigenvalue weighted by atomic mass is 35.5. The number of hydrogen-bond donors (Lipinski definition) is 2. The minimum Gasteiger partial charge on any atom is -0.384 e. The summed E-state index contributed by atoms with van der Waals surface area (Å²) in [5, 5.41) is 7.94. The molecule has 0 spiro atoms. The molecule has 1 heterocycles. The van der Waals surface area contributed by atoms with E-state index < -0.39 is 0 Å². The zero-order valence-electron chi connectivity index (χ0n) is 9.17. The van der Waals surface area contributed by atoms with E-state index in [2.05, 4.69) is 4.90 Å². The Morgan fingerprint density at radius 1 is 1.25 bits per heavy atom. The van der Waals surface area contributed by atoms with Crippen LogP contribution >= 0.6 is 11.6 Å². The van der Waals surface area contributed by atoms with Crippen molar-refractivity contribution in [1.29, 1.82) is 5.41 Å². The lowest BCUT2D eigenvalue weighted by atomic mass is 10.1. The topological polar surface area (TPSA) is 53.1 Å². The van der Waals surface area contributed by atoms with Crippen molar-refractivity contribution in [2.45, 2.75) is 19.3 Å². The van der Waals surface area contributed by atoms with E-state index >= 15 is 0 Å². The van der Waals surface area contributed by atoms with E-state index in [4.69, 9.17) is 22.7 Å². The van der Waals surface area contributed by atoms with Crippen LogP contribution in [-0.2, 0) is 0 Å². The average Bonchev–Trinajstić information content (AvgIpc) is 2.29. The third kappa shape index (κ3) is 2.30. The molecule has 0 saturated carbocycles. The van der Waals surface area contributed by atoms with E-state index in [1.165, 1.54) is 19.3 Å². The molecule has 0 atom stereocenters. The van der Waals surface area contributed by atoms with Crippen LogP contribution in [0.1, 0.15) is 24.8 Å². The lowest BCUT2D eigenvalue weighted by molar-refractivity contribution is 0.578. The van der Waals surface area contributed by atoms with Crippen molar-refractivity contribution >= 4 is 23.1 Å². The Balaban J connectivity index is 2.23. The van der Waals surface area contributed by atoms with Gasteiger partial charge in [0.15, 0.2) is 0 Å². The minimum atomic E-state index is 0.0233. The van der Waals surface area contributed by atoms with Gasteiger partial charge in [-0.3, -0.25) is 5.41 Å². The summed E-state index contributed by atoms with van der Waals surface area (Å²) >= 11 is 6.10. The molecule has 0 aliphatic carbocycles. The molecule has 1 aromatic carbocycles. The molecule has 4 heteroatoms. The predicted octanol–water partition coefficient (Wildman–Crippen LogP) is 2.61. The van der Waals surface area contributed by atoms with Crippen LogP contribution < -0.4 is 10.6 Å². The smallest absolute Gasteiger partial charge is 0.124 e. The molecule has 0 aromatic heterocycles. The average molecular weight is 238 g/mol. The van der Waals surface area contributed by atoms with E-state index in [1.54, 1.807) is 0 Å². The van der Waals surface area contributed by atoms with Gasteiger partial charge in [-0.1, -0.05) is 11.6 Å². The maximum atomic E-state index is 7.37. The first-order valence-electron chi connectivity index (χ1n) is 5.57. The van der Waals surface area contributed by atoms with Gasteiger partial charge in [-0.25, -0.2) is 0 Å². The minimum absolute atomic E-state index is 0.0233. The fraction of sp³-hybridized carbons (Fsp3) is 0.417. The van der Waals surface area contributed by atoms with Gasteiger partial charge in [0.05, 0.1) is 5.02 Å². The largest absolute Gasteiger partial charge is 0.384 e. The van der Waals surface area contributed by atoms with Crippen molar-refractivity contribution in [2.24, 2.45) is 5.73 Å². The molecule has 1 aliphatic heterocycles. The second-order valence-corrected chi connectivity index (χ2v) is 4.53. The molecular formula is C12H16ClN3. The Morgan fingerprint density at radius 2 is 1.94 bits per heavy atom. The van der Waals surface area contributed by atoms with Crippen LogP contribution in [0.2, 0.25) is 5.02 Å². The first-order chi connectivity index (χ1) is 7.68. The number of amidine groups is 1. The summed E-state index contributed by atoms with van der Waals surface area (Å²) in [5.74, 6) is 0.0233. The number of rotatable bonds is 2. The van der Waals surface area contributed by atoms with Gasteiger partial charge in [0.25, 0.3) is 0 Å². The van der Waals surface area contributed by atoms with E-state index in [0.29, 0.717) is 10.6 Å². The summed E-state index contributed by atoms with van der Waals surface area (Å²) in [4.78, 5) is 2.33. The summed E-state index contributed by atoms with van der Waals surface area (Å²) in [6.45, 7) is 2.19. The van der Waals surface area contributed by atoms with Gasteiger partial charge in [0.2, 0.25) is 0 Å². The van der Waals surface area contributed by atoms with Gasteiger partial charge in [-0.15, -0.1) is 0 Å². The fourth-order valence-corrected chi connectivity index (χ4v) is 2.35. The van der Waals surface area contributed by atoms with Crippen LogP contribution in [-0.4, -0.2) is 18.9 Å². The zero-order chi connectivity index (χ0) is 11.5. The highest BCUT2D eigenvalue weighted by molar-refractivity contribution is 6.34. The zero-order valence-corrected chi connectivity index (χ0v) is 9.93. The first kappa shape index (κ1) is 11.3. The first-order valence-corrected chi connectivity index (χ1v) is 5.95. The molecule has 0 unspecified atom stereocenters. The maximum absolute atomic E-state index is 7.37. The van der Waals surface area contributed by atoms with E-state index in [1.807, 2.05) is 18.2 Å². The third-order valence-corrected chi connectivity index (χ3v) is 3.28. The Hall–Kier alpha value is -1.22. The summed E-state index contributed by atoms with van der Waals surface area (Å²) in [6.07, 6.45) is 3.80. The van der Waals surface area contributed by atoms with Crippen LogP contribution in [0.25, 0.3) is 0 Å². The summed E-state index contributed by atoms with van der Waals surface area (Å²) in [5.41, 5.74) is 7.18. The van der Waals surface area contributed by atoms with Crippen molar-refractivity contribution in [1.82, 2.24) is 0 Å². The van der Waals surface area contributed by atoms with Gasteiger partial charge < -0.3 is 10.6 Å². The molecule has 86 valence electrons. The number of hydrogen-bond acceptors (Lipinski definition) is 2. The SMILES string of the molecule is N=C(N)c1ccc(N2CCCCC2)cc1Cl. The van der Waals surface area contributed by atoms with Gasteiger partial charge in [-0.05, 0) is 37.5 Å².